The smallest absolute Gasteiger partial charge is 0.303 e. The van der Waals surface area contributed by atoms with E-state index >= 15 is 0 Å². The number of hydrogen-bond donors (Lipinski definition) is 2. The lowest BCUT2D eigenvalue weighted by Crippen LogP contribution is -2.78. The van der Waals surface area contributed by atoms with Crippen LogP contribution in [-0.4, -0.2) is 87.2 Å². The molecular weight excluding hydrogens is 738 g/mol. The molecule has 0 aliphatic heterocycles. The molecule has 0 spiro atoms. The Balaban J connectivity index is 7.42. The van der Waals surface area contributed by atoms with Gasteiger partial charge in [0, 0.05) is 0 Å². The lowest BCUT2D eigenvalue weighted by atomic mass is 9.84. The summed E-state index contributed by atoms with van der Waals surface area (Å²) < 4.78 is 347. The van der Waals surface area contributed by atoms with Gasteiger partial charge in [-0.05, 0) is 6.92 Å². The van der Waals surface area contributed by atoms with Crippen molar-refractivity contribution in [3.05, 3.63) is 0 Å². The van der Waals surface area contributed by atoms with Crippen LogP contribution in [0.1, 0.15) is 6.92 Å². The first-order valence-corrected chi connectivity index (χ1v) is 10.9. The van der Waals surface area contributed by atoms with Crippen LogP contribution < -0.4 is 0 Å². The fourth-order valence-electron chi connectivity index (χ4n) is 2.43. The van der Waals surface area contributed by atoms with E-state index in [9.17, 15) is 114 Å². The van der Waals surface area contributed by atoms with Gasteiger partial charge in [-0.3, -0.25) is 0 Å². The monoisotopic (exact) mass is 744 g/mol. The summed E-state index contributed by atoms with van der Waals surface area (Å²) >= 11 is 0. The van der Waals surface area contributed by atoms with Gasteiger partial charge in [0.05, 0.1) is 0 Å². The molecule has 266 valence electrons. The third kappa shape index (κ3) is 5.23. The highest BCUT2D eigenvalue weighted by Crippen LogP contribution is 2.68. The van der Waals surface area contributed by atoms with Crippen LogP contribution in [0.2, 0.25) is 0 Å². The van der Waals surface area contributed by atoms with Gasteiger partial charge in [0.1, 0.15) is 0 Å². The normalized spacial score (nSPS) is 17.6. The number of phosphoric acid groups is 1. The third-order valence-electron chi connectivity index (χ3n) is 5.07. The summed E-state index contributed by atoms with van der Waals surface area (Å²) in [6.07, 6.45) is -12.8. The highest BCUT2D eigenvalue weighted by atomic mass is 31.2. The molecule has 0 aromatic carbocycles. The van der Waals surface area contributed by atoms with Crippen molar-refractivity contribution in [3.8, 4) is 0 Å². The Bertz CT molecular complexity index is 1110. The molecule has 4 nitrogen and oxygen atoms in total. The average Bonchev–Trinajstić information content (AvgIpc) is 2.75. The van der Waals surface area contributed by atoms with E-state index in [1.165, 1.54) is 0 Å². The molecule has 2 N–H and O–H groups in total. The topological polar surface area (TPSA) is 66.8 Å². The summed E-state index contributed by atoms with van der Waals surface area (Å²) in [6.45, 7) is -0.934. The van der Waals surface area contributed by atoms with Crippen molar-refractivity contribution in [3.63, 3.8) is 0 Å². The molecule has 0 aliphatic rings. The molecule has 0 amide bonds. The van der Waals surface area contributed by atoms with Crippen LogP contribution in [0.4, 0.5) is 110 Å². The first-order chi connectivity index (χ1) is 18.4. The molecular formula is C14H6F25O4P. The van der Waals surface area contributed by atoms with Crippen LogP contribution in [0, 0.1) is 0 Å². The van der Waals surface area contributed by atoms with Gasteiger partial charge >= 0.3 is 79.1 Å². The van der Waals surface area contributed by atoms with E-state index in [1.54, 1.807) is 4.52 Å². The Morgan fingerprint density at radius 1 is 0.432 bits per heavy atom. The maximum absolute atomic E-state index is 13.7. The van der Waals surface area contributed by atoms with Crippen LogP contribution >= 0.6 is 7.82 Å². The molecule has 0 saturated carbocycles. The highest BCUT2D eigenvalue weighted by molar-refractivity contribution is 7.46. The van der Waals surface area contributed by atoms with Crippen LogP contribution in [0.25, 0.3) is 0 Å². The second-order valence-corrected chi connectivity index (χ2v) is 9.25. The van der Waals surface area contributed by atoms with E-state index in [4.69, 9.17) is 9.79 Å². The average molecular weight is 744 g/mol. The predicted octanol–water partition coefficient (Wildman–Crippen LogP) is 8.03. The maximum Gasteiger partial charge on any atom is 0.474 e. The standard InChI is InChI=1S/C14H6F25O4P/c1-2(15)3(16,17)4(18,19)5(20,21)6(22,23)7(24,25)8(26,27)9(28,29)10(30,31)11(32,33)12(34,35)13(36,37)14(38,39)43-44(40,41)42/h2H,1H3,(H2,40,41,42). The van der Waals surface area contributed by atoms with Gasteiger partial charge in [0.25, 0.3) is 0 Å². The second kappa shape index (κ2) is 10.4. The Hall–Kier alpha value is -1.64. The van der Waals surface area contributed by atoms with E-state index in [0.29, 0.717) is 0 Å². The molecule has 44 heavy (non-hydrogen) atoms. The van der Waals surface area contributed by atoms with E-state index < -0.39 is 92.2 Å². The second-order valence-electron chi connectivity index (χ2n) is 8.08. The lowest BCUT2D eigenvalue weighted by Gasteiger charge is -2.46. The summed E-state index contributed by atoms with van der Waals surface area (Å²) in [5, 5.41) is 0. The third-order valence-corrected chi connectivity index (χ3v) is 5.53. The Morgan fingerprint density at radius 3 is 0.795 bits per heavy atom. The van der Waals surface area contributed by atoms with Crippen LogP contribution in [0.5, 0.6) is 0 Å². The molecule has 0 fully saturated rings. The zero-order valence-corrected chi connectivity index (χ0v) is 20.1. The van der Waals surface area contributed by atoms with Gasteiger partial charge in [-0.2, -0.15) is 105 Å². The molecule has 0 saturated heterocycles. The van der Waals surface area contributed by atoms with Crippen molar-refractivity contribution in [2.75, 3.05) is 0 Å². The first-order valence-electron chi connectivity index (χ1n) is 9.34. The Kier molecular flexibility index (Phi) is 10.0. The van der Waals surface area contributed by atoms with Crippen molar-refractivity contribution in [1.29, 1.82) is 0 Å². The Labute approximate surface area is 222 Å². The van der Waals surface area contributed by atoms with Crippen LogP contribution in [0.3, 0.4) is 0 Å². The van der Waals surface area contributed by atoms with Crippen LogP contribution in [-0.2, 0) is 9.09 Å². The fourth-order valence-corrected chi connectivity index (χ4v) is 2.84. The molecule has 0 heterocycles. The van der Waals surface area contributed by atoms with Gasteiger partial charge < -0.3 is 9.79 Å². The fraction of sp³-hybridized carbons (Fsp3) is 1.00. The van der Waals surface area contributed by atoms with Gasteiger partial charge in [0.2, 0.25) is 0 Å². The number of rotatable bonds is 14. The molecule has 0 aliphatic carbocycles. The summed E-state index contributed by atoms with van der Waals surface area (Å²) in [6, 6.07) is 0. The van der Waals surface area contributed by atoms with Crippen molar-refractivity contribution in [2.24, 2.45) is 0 Å². The summed E-state index contributed by atoms with van der Waals surface area (Å²) in [5.74, 6) is -100. The van der Waals surface area contributed by atoms with Crippen molar-refractivity contribution in [2.45, 2.75) is 84.4 Å². The first kappa shape index (κ1) is 42.4. The molecule has 0 aromatic rings. The zero-order valence-electron chi connectivity index (χ0n) is 19.2. The van der Waals surface area contributed by atoms with Crippen molar-refractivity contribution >= 4 is 7.82 Å². The van der Waals surface area contributed by atoms with E-state index in [1.807, 2.05) is 0 Å². The molecule has 0 bridgehead atoms. The SMILES string of the molecule is CC(F)C(F)(F)C(F)(F)C(F)(F)C(F)(F)C(F)(F)C(F)(F)C(F)(F)C(F)(F)C(F)(F)C(F)(F)C(F)(F)C(F)(F)OP(=O)(O)O. The molecule has 1 atom stereocenters. The number of alkyl halides is 25. The Morgan fingerprint density at radius 2 is 0.614 bits per heavy atom. The molecule has 0 radical (unpaired) electrons. The minimum Gasteiger partial charge on any atom is -0.303 e. The summed E-state index contributed by atoms with van der Waals surface area (Å²) in [7, 11) is -7.35. The largest absolute Gasteiger partial charge is 0.474 e. The highest BCUT2D eigenvalue weighted by Gasteiger charge is 2.99. The maximum atomic E-state index is 13.7. The minimum absolute atomic E-state index is 0.934. The van der Waals surface area contributed by atoms with Gasteiger partial charge in [-0.1, -0.05) is 0 Å². The summed E-state index contributed by atoms with van der Waals surface area (Å²) in [5.41, 5.74) is 0. The van der Waals surface area contributed by atoms with Crippen LogP contribution in [0.15, 0.2) is 0 Å². The zero-order chi connectivity index (χ0) is 36.8. The molecule has 30 heteroatoms. The van der Waals surface area contributed by atoms with Crippen molar-refractivity contribution < 1.29 is 129 Å². The van der Waals surface area contributed by atoms with E-state index in [2.05, 4.69) is 0 Å². The van der Waals surface area contributed by atoms with Gasteiger partial charge in [0.15, 0.2) is 6.17 Å². The van der Waals surface area contributed by atoms with Gasteiger partial charge in [-0.25, -0.2) is 13.5 Å². The lowest BCUT2D eigenvalue weighted by molar-refractivity contribution is -0.484. The van der Waals surface area contributed by atoms with E-state index in [-0.39, 0.29) is 0 Å². The van der Waals surface area contributed by atoms with Gasteiger partial charge in [-0.15, -0.1) is 0 Å². The van der Waals surface area contributed by atoms with E-state index in [0.717, 1.165) is 0 Å². The molecule has 0 rings (SSSR count). The molecule has 0 aromatic heterocycles. The number of phosphoric ester groups is 1. The minimum atomic E-state index is -9.73. The van der Waals surface area contributed by atoms with Crippen molar-refractivity contribution in [1.82, 2.24) is 0 Å². The number of halogens is 25. The summed E-state index contributed by atoms with van der Waals surface area (Å²) in [4.78, 5) is 15.8. The molecule has 1 unspecified atom stereocenters. The number of hydrogen-bond acceptors (Lipinski definition) is 2. The quantitative estimate of drug-likeness (QED) is 0.140. The predicted molar refractivity (Wildman–Crippen MR) is 83.1 cm³/mol.